The molecule has 1 heterocycles. The highest BCUT2D eigenvalue weighted by Crippen LogP contribution is 2.29. The number of benzene rings is 1. The van der Waals surface area contributed by atoms with Gasteiger partial charge < -0.3 is 10.1 Å². The lowest BCUT2D eigenvalue weighted by Crippen LogP contribution is -2.13. The molecule has 108 valence electrons. The molecule has 2 rings (SSSR count). The van der Waals surface area contributed by atoms with Crippen LogP contribution in [-0.2, 0) is 0 Å². The first-order valence-corrected chi connectivity index (χ1v) is 6.15. The number of non-ortho nitro benzene ring substituents is 1. The summed E-state index contributed by atoms with van der Waals surface area (Å²) < 4.78 is 5.06. The van der Waals surface area contributed by atoms with Crippen molar-refractivity contribution in [1.82, 2.24) is 4.98 Å². The summed E-state index contributed by atoms with van der Waals surface area (Å²) in [6.45, 7) is 0. The summed E-state index contributed by atoms with van der Waals surface area (Å²) >= 11 is 5.83. The Kier molecular flexibility index (Phi) is 4.34. The van der Waals surface area contributed by atoms with Crippen LogP contribution in [0.25, 0.3) is 0 Å². The second kappa shape index (κ2) is 6.19. The standard InChI is InChI=1S/C13H10ClN3O4/c1-21-11-5-4-8(17(19)20)7-10(11)16-13(18)9-3-2-6-15-12(9)14/h2-7H,1H3,(H,16,18). The Balaban J connectivity index is 2.34. The molecular weight excluding hydrogens is 298 g/mol. The number of anilines is 1. The summed E-state index contributed by atoms with van der Waals surface area (Å²) in [6, 6.07) is 6.95. The normalized spacial score (nSPS) is 10.0. The summed E-state index contributed by atoms with van der Waals surface area (Å²) in [5, 5.41) is 13.3. The van der Waals surface area contributed by atoms with Crippen LogP contribution in [0.15, 0.2) is 36.5 Å². The van der Waals surface area contributed by atoms with Crippen molar-refractivity contribution >= 4 is 28.9 Å². The van der Waals surface area contributed by atoms with Crippen LogP contribution < -0.4 is 10.1 Å². The van der Waals surface area contributed by atoms with E-state index in [-0.39, 0.29) is 22.1 Å². The molecule has 0 aliphatic rings. The van der Waals surface area contributed by atoms with Crippen LogP contribution >= 0.6 is 11.6 Å². The maximum atomic E-state index is 12.1. The minimum absolute atomic E-state index is 0.0411. The van der Waals surface area contributed by atoms with Gasteiger partial charge in [-0.3, -0.25) is 14.9 Å². The Bertz CT molecular complexity index is 706. The third kappa shape index (κ3) is 3.26. The van der Waals surface area contributed by atoms with E-state index >= 15 is 0 Å². The van der Waals surface area contributed by atoms with E-state index in [4.69, 9.17) is 16.3 Å². The molecule has 8 heteroatoms. The molecule has 0 fully saturated rings. The van der Waals surface area contributed by atoms with E-state index in [9.17, 15) is 14.9 Å². The highest BCUT2D eigenvalue weighted by Gasteiger charge is 2.16. The predicted octanol–water partition coefficient (Wildman–Crippen LogP) is 2.90. The smallest absolute Gasteiger partial charge is 0.271 e. The molecule has 0 unspecified atom stereocenters. The summed E-state index contributed by atoms with van der Waals surface area (Å²) in [6.07, 6.45) is 1.45. The molecule has 0 aliphatic heterocycles. The zero-order chi connectivity index (χ0) is 15.4. The number of nitrogens with one attached hydrogen (secondary N) is 1. The Morgan fingerprint density at radius 3 is 2.81 bits per heavy atom. The lowest BCUT2D eigenvalue weighted by Gasteiger charge is -2.10. The van der Waals surface area contributed by atoms with Gasteiger partial charge in [-0.05, 0) is 18.2 Å². The number of hydrogen-bond donors (Lipinski definition) is 1. The quantitative estimate of drug-likeness (QED) is 0.532. The van der Waals surface area contributed by atoms with Crippen LogP contribution in [0.4, 0.5) is 11.4 Å². The van der Waals surface area contributed by atoms with Gasteiger partial charge in [0, 0.05) is 18.3 Å². The van der Waals surface area contributed by atoms with E-state index in [1.807, 2.05) is 0 Å². The number of nitro groups is 1. The molecular formula is C13H10ClN3O4. The first kappa shape index (κ1) is 14.7. The third-order valence-corrected chi connectivity index (χ3v) is 2.95. The van der Waals surface area contributed by atoms with Gasteiger partial charge in [-0.2, -0.15) is 0 Å². The number of nitro benzene ring substituents is 1. The SMILES string of the molecule is COc1ccc([N+](=O)[O-])cc1NC(=O)c1cccnc1Cl. The van der Waals surface area contributed by atoms with Gasteiger partial charge in [0.25, 0.3) is 11.6 Å². The number of pyridine rings is 1. The van der Waals surface area contributed by atoms with Crippen LogP contribution in [0, 0.1) is 10.1 Å². The van der Waals surface area contributed by atoms with Crippen LogP contribution in [0.1, 0.15) is 10.4 Å². The van der Waals surface area contributed by atoms with Gasteiger partial charge in [0.1, 0.15) is 10.9 Å². The Morgan fingerprint density at radius 2 is 2.19 bits per heavy atom. The number of methoxy groups -OCH3 is 1. The van der Waals surface area contributed by atoms with E-state index in [2.05, 4.69) is 10.3 Å². The zero-order valence-electron chi connectivity index (χ0n) is 10.9. The van der Waals surface area contributed by atoms with Gasteiger partial charge in [0.05, 0.1) is 23.3 Å². The molecule has 0 radical (unpaired) electrons. The van der Waals surface area contributed by atoms with Crippen molar-refractivity contribution in [2.45, 2.75) is 0 Å². The van der Waals surface area contributed by atoms with Crippen molar-refractivity contribution in [2.75, 3.05) is 12.4 Å². The van der Waals surface area contributed by atoms with Gasteiger partial charge in [-0.1, -0.05) is 11.6 Å². The van der Waals surface area contributed by atoms with E-state index < -0.39 is 10.8 Å². The summed E-state index contributed by atoms with van der Waals surface area (Å²) in [4.78, 5) is 26.1. The molecule has 21 heavy (non-hydrogen) atoms. The number of aromatic nitrogens is 1. The zero-order valence-corrected chi connectivity index (χ0v) is 11.6. The molecule has 0 bridgehead atoms. The first-order chi connectivity index (χ1) is 10.0. The fraction of sp³-hybridized carbons (Fsp3) is 0.0769. The molecule has 1 amide bonds. The van der Waals surface area contributed by atoms with E-state index in [1.165, 1.54) is 37.6 Å². The Morgan fingerprint density at radius 1 is 1.43 bits per heavy atom. The number of carbonyl (C=O) groups excluding carboxylic acids is 1. The Labute approximate surface area is 124 Å². The summed E-state index contributed by atoms with van der Waals surface area (Å²) in [5.41, 5.74) is 0.174. The molecule has 0 saturated heterocycles. The predicted molar refractivity (Wildman–Crippen MR) is 76.8 cm³/mol. The second-order valence-corrected chi connectivity index (χ2v) is 4.30. The maximum Gasteiger partial charge on any atom is 0.271 e. The number of carbonyl (C=O) groups is 1. The van der Waals surface area contributed by atoms with Crippen LogP contribution in [-0.4, -0.2) is 22.9 Å². The monoisotopic (exact) mass is 307 g/mol. The van der Waals surface area contributed by atoms with Gasteiger partial charge in [0.2, 0.25) is 0 Å². The molecule has 1 aromatic carbocycles. The average molecular weight is 308 g/mol. The molecule has 0 spiro atoms. The van der Waals surface area contributed by atoms with E-state index in [0.717, 1.165) is 0 Å². The fourth-order valence-corrected chi connectivity index (χ4v) is 1.86. The molecule has 0 atom stereocenters. The number of hydrogen-bond acceptors (Lipinski definition) is 5. The third-order valence-electron chi connectivity index (χ3n) is 2.65. The minimum atomic E-state index is -0.563. The van der Waals surface area contributed by atoms with Crippen molar-refractivity contribution in [3.63, 3.8) is 0 Å². The second-order valence-electron chi connectivity index (χ2n) is 3.94. The van der Waals surface area contributed by atoms with E-state index in [0.29, 0.717) is 5.75 Å². The van der Waals surface area contributed by atoms with Crippen LogP contribution in [0.5, 0.6) is 5.75 Å². The van der Waals surface area contributed by atoms with Gasteiger partial charge in [0.15, 0.2) is 0 Å². The topological polar surface area (TPSA) is 94.4 Å². The Hall–Kier alpha value is -2.67. The van der Waals surface area contributed by atoms with Gasteiger partial charge >= 0.3 is 0 Å². The summed E-state index contributed by atoms with van der Waals surface area (Å²) in [7, 11) is 1.40. The molecule has 1 N–H and O–H groups in total. The number of nitrogens with zero attached hydrogens (tertiary/aromatic N) is 2. The minimum Gasteiger partial charge on any atom is -0.495 e. The highest BCUT2D eigenvalue weighted by molar-refractivity contribution is 6.33. The summed E-state index contributed by atoms with van der Waals surface area (Å²) in [5.74, 6) is -0.235. The first-order valence-electron chi connectivity index (χ1n) is 5.77. The lowest BCUT2D eigenvalue weighted by molar-refractivity contribution is -0.384. The number of halogens is 1. The number of ether oxygens (including phenoxy) is 1. The van der Waals surface area contributed by atoms with Crippen LogP contribution in [0.2, 0.25) is 5.15 Å². The molecule has 1 aromatic heterocycles. The maximum absolute atomic E-state index is 12.1. The van der Waals surface area contributed by atoms with Gasteiger partial charge in [-0.25, -0.2) is 4.98 Å². The van der Waals surface area contributed by atoms with Gasteiger partial charge in [-0.15, -0.1) is 0 Å². The van der Waals surface area contributed by atoms with Crippen molar-refractivity contribution in [2.24, 2.45) is 0 Å². The van der Waals surface area contributed by atoms with Crippen LogP contribution in [0.3, 0.4) is 0 Å². The molecule has 7 nitrogen and oxygen atoms in total. The molecule has 0 saturated carbocycles. The molecule has 0 aliphatic carbocycles. The number of amides is 1. The van der Waals surface area contributed by atoms with Crippen molar-refractivity contribution in [1.29, 1.82) is 0 Å². The van der Waals surface area contributed by atoms with E-state index in [1.54, 1.807) is 6.07 Å². The van der Waals surface area contributed by atoms with Crippen molar-refractivity contribution in [3.8, 4) is 5.75 Å². The number of rotatable bonds is 4. The highest BCUT2D eigenvalue weighted by atomic mass is 35.5. The van der Waals surface area contributed by atoms with Crippen molar-refractivity contribution in [3.05, 3.63) is 57.4 Å². The molecule has 2 aromatic rings. The largest absolute Gasteiger partial charge is 0.495 e. The lowest BCUT2D eigenvalue weighted by atomic mass is 10.2. The fourth-order valence-electron chi connectivity index (χ4n) is 1.65. The average Bonchev–Trinajstić information content (AvgIpc) is 2.47. The van der Waals surface area contributed by atoms with Crippen molar-refractivity contribution < 1.29 is 14.5 Å².